The number of halogens is 1. The number of ether oxygens (including phenoxy) is 2. The highest BCUT2D eigenvalue weighted by Gasteiger charge is 2.47. The van der Waals surface area contributed by atoms with Crippen LogP contribution in [0.25, 0.3) is 0 Å². The van der Waals surface area contributed by atoms with E-state index in [2.05, 4.69) is 0 Å². The molecule has 1 aliphatic rings. The van der Waals surface area contributed by atoms with Crippen molar-refractivity contribution in [2.24, 2.45) is 0 Å². The molecule has 0 aliphatic carbocycles. The SMILES string of the molecule is CCOP(=O)(CO[C@@H]1O[C@H](n2cc(C)c(=O)[nH]c2=O)[C@H](F)[C@H]1O)OCC. The summed E-state index contributed by atoms with van der Waals surface area (Å²) in [6.45, 7) is 4.88. The van der Waals surface area contributed by atoms with Crippen LogP contribution >= 0.6 is 7.60 Å². The molecule has 26 heavy (non-hydrogen) atoms. The average molecular weight is 396 g/mol. The topological polar surface area (TPSA) is 129 Å². The van der Waals surface area contributed by atoms with Crippen molar-refractivity contribution in [1.29, 1.82) is 0 Å². The Morgan fingerprint density at radius 1 is 1.35 bits per heavy atom. The van der Waals surface area contributed by atoms with Gasteiger partial charge in [-0.2, -0.15) is 0 Å². The number of aromatic amines is 1. The highest BCUT2D eigenvalue weighted by molar-refractivity contribution is 7.53. The number of hydrogen-bond acceptors (Lipinski definition) is 8. The van der Waals surface area contributed by atoms with E-state index in [9.17, 15) is 23.7 Å². The smallest absolute Gasteiger partial charge is 0.356 e. The molecule has 0 amide bonds. The molecule has 0 spiro atoms. The lowest BCUT2D eigenvalue weighted by molar-refractivity contribution is -0.169. The van der Waals surface area contributed by atoms with Gasteiger partial charge in [0.2, 0.25) is 0 Å². The largest absolute Gasteiger partial charge is 0.385 e. The number of H-pyrrole nitrogens is 1. The lowest BCUT2D eigenvalue weighted by Gasteiger charge is -2.20. The molecule has 12 heteroatoms. The van der Waals surface area contributed by atoms with Gasteiger partial charge >= 0.3 is 13.3 Å². The summed E-state index contributed by atoms with van der Waals surface area (Å²) < 4.78 is 48.1. The van der Waals surface area contributed by atoms with Gasteiger partial charge in [-0.05, 0) is 20.8 Å². The van der Waals surface area contributed by atoms with Gasteiger partial charge in [0.25, 0.3) is 5.56 Å². The minimum Gasteiger partial charge on any atom is -0.385 e. The van der Waals surface area contributed by atoms with Gasteiger partial charge in [-0.25, -0.2) is 9.18 Å². The van der Waals surface area contributed by atoms with E-state index >= 15 is 0 Å². The Hall–Kier alpha value is -1.36. The first-order valence-electron chi connectivity index (χ1n) is 8.01. The van der Waals surface area contributed by atoms with Crippen LogP contribution in [-0.4, -0.2) is 52.8 Å². The van der Waals surface area contributed by atoms with Crippen molar-refractivity contribution in [3.05, 3.63) is 32.6 Å². The van der Waals surface area contributed by atoms with Crippen LogP contribution in [-0.2, 0) is 23.1 Å². The Morgan fingerprint density at radius 2 is 1.96 bits per heavy atom. The van der Waals surface area contributed by atoms with Gasteiger partial charge in [0, 0.05) is 11.8 Å². The van der Waals surface area contributed by atoms with Crippen molar-refractivity contribution in [3.8, 4) is 0 Å². The summed E-state index contributed by atoms with van der Waals surface area (Å²) in [5.41, 5.74) is -1.34. The summed E-state index contributed by atoms with van der Waals surface area (Å²) in [5.74, 6) is 0. The van der Waals surface area contributed by atoms with Gasteiger partial charge in [0.15, 0.2) is 25.0 Å². The average Bonchev–Trinajstić information content (AvgIpc) is 2.85. The van der Waals surface area contributed by atoms with Gasteiger partial charge in [-0.15, -0.1) is 0 Å². The van der Waals surface area contributed by atoms with Crippen molar-refractivity contribution >= 4 is 7.60 Å². The van der Waals surface area contributed by atoms with Crippen LogP contribution in [0.3, 0.4) is 0 Å². The fourth-order valence-electron chi connectivity index (χ4n) is 2.41. The Morgan fingerprint density at radius 3 is 2.54 bits per heavy atom. The Balaban J connectivity index is 2.15. The summed E-state index contributed by atoms with van der Waals surface area (Å²) in [4.78, 5) is 25.3. The van der Waals surface area contributed by atoms with Crippen molar-refractivity contribution in [1.82, 2.24) is 9.55 Å². The molecule has 0 aromatic carbocycles. The molecule has 1 aromatic rings. The molecule has 0 saturated carbocycles. The van der Waals surface area contributed by atoms with Crippen LogP contribution < -0.4 is 11.2 Å². The predicted octanol–water partition coefficient (Wildman–Crippen LogP) is 0.639. The normalized spacial score (nSPS) is 26.3. The molecule has 2 rings (SSSR count). The standard InChI is InChI=1S/C14H22FN2O8P/c1-4-23-26(21,24-5-2)7-22-13-10(18)9(15)12(25-13)17-6-8(3)11(19)16-14(17)20/h6,9-10,12-13,18H,4-5,7H2,1-3H3,(H,16,19,20)/t9-,10-,12+,13-/m1/s1. The number of alkyl halides is 1. The van der Waals surface area contributed by atoms with E-state index in [1.807, 2.05) is 4.98 Å². The van der Waals surface area contributed by atoms with E-state index in [0.717, 1.165) is 10.8 Å². The molecule has 0 unspecified atom stereocenters. The predicted molar refractivity (Wildman–Crippen MR) is 87.7 cm³/mol. The van der Waals surface area contributed by atoms with E-state index in [4.69, 9.17) is 18.5 Å². The van der Waals surface area contributed by atoms with Crippen LogP contribution in [0.4, 0.5) is 4.39 Å². The zero-order chi connectivity index (χ0) is 19.5. The summed E-state index contributed by atoms with van der Waals surface area (Å²) in [5, 5.41) is 9.98. The summed E-state index contributed by atoms with van der Waals surface area (Å²) in [7, 11) is -3.59. The monoisotopic (exact) mass is 396 g/mol. The molecule has 0 bridgehead atoms. The second kappa shape index (κ2) is 8.55. The van der Waals surface area contributed by atoms with E-state index in [0.29, 0.717) is 0 Å². The van der Waals surface area contributed by atoms with Crippen LogP contribution in [0.5, 0.6) is 0 Å². The third-order valence-electron chi connectivity index (χ3n) is 3.62. The van der Waals surface area contributed by atoms with Gasteiger partial charge in [0.1, 0.15) is 6.10 Å². The molecular formula is C14H22FN2O8P. The van der Waals surface area contributed by atoms with Crippen molar-refractivity contribution in [3.63, 3.8) is 0 Å². The molecule has 1 fully saturated rings. The van der Waals surface area contributed by atoms with E-state index in [1.54, 1.807) is 13.8 Å². The van der Waals surface area contributed by atoms with E-state index in [-0.39, 0.29) is 18.8 Å². The molecule has 1 aliphatic heterocycles. The van der Waals surface area contributed by atoms with Gasteiger partial charge in [-0.1, -0.05) is 0 Å². The Kier molecular flexibility index (Phi) is 6.89. The number of nitrogens with zero attached hydrogens (tertiary/aromatic N) is 1. The second-order valence-electron chi connectivity index (χ2n) is 5.55. The number of aromatic nitrogens is 2. The third-order valence-corrected chi connectivity index (χ3v) is 5.39. The lowest BCUT2D eigenvalue weighted by Crippen LogP contribution is -2.36. The minimum absolute atomic E-state index is 0.106. The van der Waals surface area contributed by atoms with Gasteiger partial charge < -0.3 is 23.6 Å². The van der Waals surface area contributed by atoms with Crippen molar-refractivity contribution in [2.75, 3.05) is 19.6 Å². The maximum absolute atomic E-state index is 14.4. The molecule has 2 N–H and O–H groups in total. The summed E-state index contributed by atoms with van der Waals surface area (Å²) in [6, 6.07) is 0. The maximum atomic E-state index is 14.4. The number of aryl methyl sites for hydroxylation is 1. The Bertz CT molecular complexity index is 771. The molecule has 1 aromatic heterocycles. The third kappa shape index (κ3) is 4.48. The molecule has 10 nitrogen and oxygen atoms in total. The molecule has 2 heterocycles. The van der Waals surface area contributed by atoms with Crippen LogP contribution in [0.1, 0.15) is 25.6 Å². The number of rotatable bonds is 8. The summed E-state index contributed by atoms with van der Waals surface area (Å²) >= 11 is 0. The van der Waals surface area contributed by atoms with Crippen LogP contribution in [0.15, 0.2) is 15.8 Å². The van der Waals surface area contributed by atoms with Crippen LogP contribution in [0, 0.1) is 6.92 Å². The first-order chi connectivity index (χ1) is 12.2. The zero-order valence-corrected chi connectivity index (χ0v) is 15.5. The minimum atomic E-state index is -3.59. The molecule has 148 valence electrons. The number of nitrogens with one attached hydrogen (secondary N) is 1. The van der Waals surface area contributed by atoms with E-state index in [1.165, 1.54) is 6.92 Å². The Labute approximate surface area is 148 Å². The first-order valence-corrected chi connectivity index (χ1v) is 9.74. The first kappa shape index (κ1) is 20.9. The van der Waals surface area contributed by atoms with E-state index < -0.39 is 50.0 Å². The maximum Gasteiger partial charge on any atom is 0.356 e. The molecule has 0 radical (unpaired) electrons. The van der Waals surface area contributed by atoms with Crippen molar-refractivity contribution < 1.29 is 32.6 Å². The quantitative estimate of drug-likeness (QED) is 0.613. The zero-order valence-electron chi connectivity index (χ0n) is 14.6. The van der Waals surface area contributed by atoms with Crippen molar-refractivity contribution in [2.45, 2.75) is 45.6 Å². The number of aliphatic hydroxyl groups excluding tert-OH is 1. The number of hydrogen-bond donors (Lipinski definition) is 2. The molecular weight excluding hydrogens is 374 g/mol. The summed E-state index contributed by atoms with van der Waals surface area (Å²) in [6.07, 6.45) is -6.20. The number of aliphatic hydroxyl groups is 1. The molecule has 1 saturated heterocycles. The second-order valence-corrected chi connectivity index (χ2v) is 7.55. The highest BCUT2D eigenvalue weighted by Crippen LogP contribution is 2.48. The lowest BCUT2D eigenvalue weighted by atomic mass is 10.2. The van der Waals surface area contributed by atoms with Gasteiger partial charge in [0.05, 0.1) is 13.2 Å². The van der Waals surface area contributed by atoms with Crippen LogP contribution in [0.2, 0.25) is 0 Å². The highest BCUT2D eigenvalue weighted by atomic mass is 31.2. The van der Waals surface area contributed by atoms with Gasteiger partial charge in [-0.3, -0.25) is 18.9 Å². The molecule has 4 atom stereocenters. The fourth-order valence-corrected chi connectivity index (χ4v) is 3.75. The fraction of sp³-hybridized carbons (Fsp3) is 0.714.